The zero-order valence-electron chi connectivity index (χ0n) is 14.4. The Morgan fingerprint density at radius 1 is 0.960 bits per heavy atom. The van der Waals surface area contributed by atoms with Crippen molar-refractivity contribution in [1.82, 2.24) is 4.31 Å². The third-order valence-corrected chi connectivity index (χ3v) is 5.21. The van der Waals surface area contributed by atoms with Crippen molar-refractivity contribution in [2.45, 2.75) is 18.2 Å². The Bertz CT molecular complexity index is 812. The molecule has 0 unspecified atom stereocenters. The third-order valence-electron chi connectivity index (χ3n) is 3.38. The van der Waals surface area contributed by atoms with Crippen molar-refractivity contribution in [1.29, 1.82) is 0 Å². The van der Waals surface area contributed by atoms with Crippen molar-refractivity contribution in [3.63, 3.8) is 0 Å². The molecule has 0 aromatic heterocycles. The highest BCUT2D eigenvalue weighted by atomic mass is 32.2. The molecule has 0 aliphatic carbocycles. The van der Waals surface area contributed by atoms with Gasteiger partial charge in [-0.25, -0.2) is 17.5 Å². The molecular weight excluding hydrogens is 342 g/mol. The number of ether oxygens (including phenoxy) is 2. The highest BCUT2D eigenvalue weighted by Crippen LogP contribution is 2.20. The summed E-state index contributed by atoms with van der Waals surface area (Å²) in [5, 5.41) is 0. The maximum absolute atomic E-state index is 12.2. The summed E-state index contributed by atoms with van der Waals surface area (Å²) in [6, 6.07) is 12.4. The SMILES string of the molecule is CCCOc1ccc(OC(=O)c2ccc(S(=O)(=O)N(C)C)cc2)cc1. The average Bonchev–Trinajstić information content (AvgIpc) is 2.61. The Balaban J connectivity index is 2.06. The van der Waals surface area contributed by atoms with Crippen LogP contribution in [0.15, 0.2) is 53.4 Å². The molecule has 7 heteroatoms. The van der Waals surface area contributed by atoms with Crippen LogP contribution >= 0.6 is 0 Å². The molecule has 0 saturated heterocycles. The summed E-state index contributed by atoms with van der Waals surface area (Å²) >= 11 is 0. The van der Waals surface area contributed by atoms with E-state index in [9.17, 15) is 13.2 Å². The first-order chi connectivity index (χ1) is 11.8. The average molecular weight is 363 g/mol. The van der Waals surface area contributed by atoms with Crippen LogP contribution in [0.25, 0.3) is 0 Å². The second-order valence-electron chi connectivity index (χ2n) is 5.52. The van der Waals surface area contributed by atoms with Crippen LogP contribution in [0, 0.1) is 0 Å². The lowest BCUT2D eigenvalue weighted by Gasteiger charge is -2.11. The van der Waals surface area contributed by atoms with E-state index in [0.717, 1.165) is 10.7 Å². The van der Waals surface area contributed by atoms with Gasteiger partial charge >= 0.3 is 5.97 Å². The number of nitrogens with zero attached hydrogens (tertiary/aromatic N) is 1. The van der Waals surface area contributed by atoms with Crippen molar-refractivity contribution in [2.75, 3.05) is 20.7 Å². The number of sulfonamides is 1. The van der Waals surface area contributed by atoms with Crippen LogP contribution in [-0.2, 0) is 10.0 Å². The molecule has 0 radical (unpaired) electrons. The molecule has 2 aromatic rings. The topological polar surface area (TPSA) is 72.9 Å². The molecule has 0 aliphatic rings. The molecule has 134 valence electrons. The van der Waals surface area contributed by atoms with E-state index in [1.807, 2.05) is 6.92 Å². The Morgan fingerprint density at radius 3 is 2.04 bits per heavy atom. The van der Waals surface area contributed by atoms with E-state index in [2.05, 4.69) is 0 Å². The van der Waals surface area contributed by atoms with Crippen molar-refractivity contribution in [3.05, 3.63) is 54.1 Å². The summed E-state index contributed by atoms with van der Waals surface area (Å²) in [4.78, 5) is 12.3. The number of esters is 1. The highest BCUT2D eigenvalue weighted by Gasteiger charge is 2.18. The first-order valence-electron chi connectivity index (χ1n) is 7.82. The number of benzene rings is 2. The molecule has 2 rings (SSSR count). The van der Waals surface area contributed by atoms with Crippen LogP contribution in [0.1, 0.15) is 23.7 Å². The van der Waals surface area contributed by atoms with Gasteiger partial charge in [0.2, 0.25) is 10.0 Å². The summed E-state index contributed by atoms with van der Waals surface area (Å²) in [7, 11) is -0.624. The number of hydrogen-bond acceptors (Lipinski definition) is 5. The van der Waals surface area contributed by atoms with E-state index in [-0.39, 0.29) is 10.5 Å². The van der Waals surface area contributed by atoms with Gasteiger partial charge in [0, 0.05) is 14.1 Å². The molecule has 0 saturated carbocycles. The fourth-order valence-electron chi connectivity index (χ4n) is 1.96. The summed E-state index contributed by atoms with van der Waals surface area (Å²) < 4.78 is 35.9. The molecule has 0 amide bonds. The van der Waals surface area contributed by atoms with Gasteiger partial charge in [-0.3, -0.25) is 0 Å². The zero-order chi connectivity index (χ0) is 18.4. The molecule has 0 N–H and O–H groups in total. The van der Waals surface area contributed by atoms with Gasteiger partial charge < -0.3 is 9.47 Å². The van der Waals surface area contributed by atoms with E-state index in [1.165, 1.54) is 38.4 Å². The largest absolute Gasteiger partial charge is 0.494 e. The van der Waals surface area contributed by atoms with Crippen molar-refractivity contribution >= 4 is 16.0 Å². The molecular formula is C18H21NO5S. The first kappa shape index (κ1) is 19.0. The van der Waals surface area contributed by atoms with Gasteiger partial charge in [0.05, 0.1) is 17.1 Å². The van der Waals surface area contributed by atoms with E-state index in [0.29, 0.717) is 18.1 Å². The maximum atomic E-state index is 12.2. The lowest BCUT2D eigenvalue weighted by atomic mass is 10.2. The van der Waals surface area contributed by atoms with Crippen LogP contribution in [0.2, 0.25) is 0 Å². The van der Waals surface area contributed by atoms with Gasteiger partial charge in [-0.05, 0) is 55.0 Å². The summed E-state index contributed by atoms with van der Waals surface area (Å²) in [6.07, 6.45) is 0.913. The van der Waals surface area contributed by atoms with E-state index < -0.39 is 16.0 Å². The van der Waals surface area contributed by atoms with Crippen LogP contribution in [0.5, 0.6) is 11.5 Å². The Morgan fingerprint density at radius 2 is 1.52 bits per heavy atom. The van der Waals surface area contributed by atoms with E-state index in [1.54, 1.807) is 24.3 Å². The number of carbonyl (C=O) groups excluding carboxylic acids is 1. The summed E-state index contributed by atoms with van der Waals surface area (Å²) in [5.74, 6) is 0.537. The maximum Gasteiger partial charge on any atom is 0.343 e. The van der Waals surface area contributed by atoms with Crippen LogP contribution in [0.4, 0.5) is 0 Å². The van der Waals surface area contributed by atoms with Crippen molar-refractivity contribution in [2.24, 2.45) is 0 Å². The van der Waals surface area contributed by atoms with E-state index >= 15 is 0 Å². The standard InChI is InChI=1S/C18H21NO5S/c1-4-13-23-15-7-9-16(10-8-15)24-18(20)14-5-11-17(12-6-14)25(21,22)19(2)3/h5-12H,4,13H2,1-3H3. The fraction of sp³-hybridized carbons (Fsp3) is 0.278. The number of hydrogen-bond donors (Lipinski definition) is 0. The highest BCUT2D eigenvalue weighted by molar-refractivity contribution is 7.89. The van der Waals surface area contributed by atoms with Crippen molar-refractivity contribution in [3.8, 4) is 11.5 Å². The quantitative estimate of drug-likeness (QED) is 0.559. The molecule has 2 aromatic carbocycles. The van der Waals surface area contributed by atoms with Crippen molar-refractivity contribution < 1.29 is 22.7 Å². The first-order valence-corrected chi connectivity index (χ1v) is 9.26. The molecule has 0 heterocycles. The molecule has 0 fully saturated rings. The Labute approximate surface area is 148 Å². The van der Waals surface area contributed by atoms with Gasteiger partial charge in [0.1, 0.15) is 11.5 Å². The minimum Gasteiger partial charge on any atom is -0.494 e. The predicted molar refractivity (Wildman–Crippen MR) is 94.5 cm³/mol. The molecule has 25 heavy (non-hydrogen) atoms. The number of carbonyl (C=O) groups is 1. The molecule has 0 aliphatic heterocycles. The monoisotopic (exact) mass is 363 g/mol. The number of rotatable bonds is 7. The Hall–Kier alpha value is -2.38. The molecule has 0 bridgehead atoms. The smallest absolute Gasteiger partial charge is 0.343 e. The second kappa shape index (κ2) is 8.13. The molecule has 6 nitrogen and oxygen atoms in total. The molecule has 0 spiro atoms. The fourth-order valence-corrected chi connectivity index (χ4v) is 2.87. The minimum absolute atomic E-state index is 0.117. The Kier molecular flexibility index (Phi) is 6.17. The van der Waals surface area contributed by atoms with E-state index in [4.69, 9.17) is 9.47 Å². The van der Waals surface area contributed by atoms with Gasteiger partial charge in [0.15, 0.2) is 0 Å². The molecule has 0 atom stereocenters. The summed E-state index contributed by atoms with van der Waals surface area (Å²) in [5.41, 5.74) is 0.268. The van der Waals surface area contributed by atoms with Crippen LogP contribution in [-0.4, -0.2) is 39.4 Å². The van der Waals surface area contributed by atoms with Crippen LogP contribution in [0.3, 0.4) is 0 Å². The third kappa shape index (κ3) is 4.80. The van der Waals surface area contributed by atoms with Gasteiger partial charge in [-0.1, -0.05) is 6.92 Å². The van der Waals surface area contributed by atoms with Crippen LogP contribution < -0.4 is 9.47 Å². The summed E-state index contributed by atoms with van der Waals surface area (Å²) in [6.45, 7) is 2.65. The van der Waals surface area contributed by atoms with Gasteiger partial charge in [-0.15, -0.1) is 0 Å². The minimum atomic E-state index is -3.52. The normalized spacial score (nSPS) is 11.4. The predicted octanol–water partition coefficient (Wildman–Crippen LogP) is 2.94. The van der Waals surface area contributed by atoms with Gasteiger partial charge in [-0.2, -0.15) is 0 Å². The van der Waals surface area contributed by atoms with Gasteiger partial charge in [0.25, 0.3) is 0 Å². The second-order valence-corrected chi connectivity index (χ2v) is 7.67. The zero-order valence-corrected chi connectivity index (χ0v) is 15.2. The lowest BCUT2D eigenvalue weighted by Crippen LogP contribution is -2.22. The lowest BCUT2D eigenvalue weighted by molar-refractivity contribution is 0.0734.